The van der Waals surface area contributed by atoms with Crippen LogP contribution in [0.15, 0.2) is 4.99 Å². The van der Waals surface area contributed by atoms with Crippen LogP contribution >= 0.6 is 0 Å². The van der Waals surface area contributed by atoms with Crippen molar-refractivity contribution in [3.8, 4) is 0 Å². The largest absolute Gasteiger partial charge is 0.463 e. The Balaban J connectivity index is 2.31. The fraction of sp³-hybridized carbons (Fsp3) is 0.857. The van der Waals surface area contributed by atoms with Crippen LogP contribution in [0.1, 0.15) is 20.3 Å². The molecule has 1 rings (SSSR count). The standard InChI is InChI=1S/C7H14N2O/c1-6(2)10-7-8-4-3-5-9-7/h6H,3-5H2,1-2H3,(H,8,9). The predicted octanol–water partition coefficient (Wildman–Crippen LogP) is 0.761. The maximum atomic E-state index is 5.33. The Morgan fingerprint density at radius 3 is 2.90 bits per heavy atom. The van der Waals surface area contributed by atoms with Gasteiger partial charge in [0.1, 0.15) is 0 Å². The number of aliphatic imine (C=N–C) groups is 1. The zero-order chi connectivity index (χ0) is 7.40. The normalized spacial score (nSPS) is 18.1. The summed E-state index contributed by atoms with van der Waals surface area (Å²) in [5.41, 5.74) is 0. The van der Waals surface area contributed by atoms with E-state index in [0.29, 0.717) is 6.02 Å². The van der Waals surface area contributed by atoms with Gasteiger partial charge in [-0.1, -0.05) is 0 Å². The molecule has 0 amide bonds. The van der Waals surface area contributed by atoms with Crippen LogP contribution in [-0.2, 0) is 4.74 Å². The molecule has 0 aromatic rings. The van der Waals surface area contributed by atoms with E-state index in [2.05, 4.69) is 10.3 Å². The van der Waals surface area contributed by atoms with Crippen molar-refractivity contribution in [3.05, 3.63) is 0 Å². The summed E-state index contributed by atoms with van der Waals surface area (Å²) < 4.78 is 5.33. The molecule has 0 aliphatic carbocycles. The molecule has 0 fully saturated rings. The van der Waals surface area contributed by atoms with Gasteiger partial charge in [-0.05, 0) is 20.3 Å². The van der Waals surface area contributed by atoms with Crippen LogP contribution in [0.5, 0.6) is 0 Å². The fourth-order valence-corrected chi connectivity index (χ4v) is 0.813. The fourth-order valence-electron chi connectivity index (χ4n) is 0.813. The summed E-state index contributed by atoms with van der Waals surface area (Å²) in [6, 6.07) is 0.709. The molecule has 0 aromatic carbocycles. The van der Waals surface area contributed by atoms with Crippen LogP contribution < -0.4 is 5.32 Å². The number of nitrogens with one attached hydrogen (secondary N) is 1. The third kappa shape index (κ3) is 2.25. The Hall–Kier alpha value is -0.730. The van der Waals surface area contributed by atoms with E-state index in [-0.39, 0.29) is 6.10 Å². The first-order valence-corrected chi connectivity index (χ1v) is 3.74. The van der Waals surface area contributed by atoms with Gasteiger partial charge in [0.25, 0.3) is 6.02 Å². The van der Waals surface area contributed by atoms with Crippen molar-refractivity contribution >= 4 is 6.02 Å². The summed E-state index contributed by atoms with van der Waals surface area (Å²) in [7, 11) is 0. The maximum Gasteiger partial charge on any atom is 0.284 e. The smallest absolute Gasteiger partial charge is 0.284 e. The second-order valence-electron chi connectivity index (χ2n) is 2.63. The number of rotatable bonds is 1. The van der Waals surface area contributed by atoms with E-state index >= 15 is 0 Å². The van der Waals surface area contributed by atoms with Crippen LogP contribution in [0.4, 0.5) is 0 Å². The molecule has 1 aliphatic rings. The van der Waals surface area contributed by atoms with Crippen LogP contribution in [0, 0.1) is 0 Å². The number of hydrogen-bond donors (Lipinski definition) is 1. The van der Waals surface area contributed by atoms with Crippen molar-refractivity contribution in [1.29, 1.82) is 0 Å². The summed E-state index contributed by atoms with van der Waals surface area (Å²) in [5, 5.41) is 3.08. The lowest BCUT2D eigenvalue weighted by Crippen LogP contribution is -2.33. The highest BCUT2D eigenvalue weighted by Crippen LogP contribution is 1.94. The monoisotopic (exact) mass is 142 g/mol. The van der Waals surface area contributed by atoms with E-state index in [1.807, 2.05) is 13.8 Å². The minimum absolute atomic E-state index is 0.226. The zero-order valence-corrected chi connectivity index (χ0v) is 6.55. The molecule has 0 radical (unpaired) electrons. The van der Waals surface area contributed by atoms with E-state index in [1.54, 1.807) is 0 Å². The van der Waals surface area contributed by atoms with Gasteiger partial charge >= 0.3 is 0 Å². The van der Waals surface area contributed by atoms with Crippen molar-refractivity contribution < 1.29 is 4.74 Å². The van der Waals surface area contributed by atoms with E-state index < -0.39 is 0 Å². The van der Waals surface area contributed by atoms with E-state index in [4.69, 9.17) is 4.74 Å². The van der Waals surface area contributed by atoms with Gasteiger partial charge in [-0.25, -0.2) is 4.99 Å². The summed E-state index contributed by atoms with van der Waals surface area (Å²) in [6.07, 6.45) is 1.34. The minimum Gasteiger partial charge on any atom is -0.463 e. The van der Waals surface area contributed by atoms with E-state index in [0.717, 1.165) is 19.5 Å². The van der Waals surface area contributed by atoms with Gasteiger partial charge < -0.3 is 10.1 Å². The Labute approximate surface area is 61.5 Å². The van der Waals surface area contributed by atoms with Crippen LogP contribution in [0.3, 0.4) is 0 Å². The van der Waals surface area contributed by atoms with Gasteiger partial charge in [-0.3, -0.25) is 0 Å². The minimum atomic E-state index is 0.226. The molecule has 58 valence electrons. The average Bonchev–Trinajstić information content (AvgIpc) is 1.88. The second kappa shape index (κ2) is 3.44. The van der Waals surface area contributed by atoms with Gasteiger partial charge in [0.15, 0.2) is 0 Å². The predicted molar refractivity (Wildman–Crippen MR) is 41.1 cm³/mol. The molecule has 0 spiro atoms. The Bertz CT molecular complexity index is 132. The summed E-state index contributed by atoms with van der Waals surface area (Å²) in [5.74, 6) is 0. The van der Waals surface area contributed by atoms with Gasteiger partial charge in [-0.15, -0.1) is 0 Å². The first-order valence-electron chi connectivity index (χ1n) is 3.74. The van der Waals surface area contributed by atoms with Crippen molar-refractivity contribution in [1.82, 2.24) is 5.32 Å². The Kier molecular flexibility index (Phi) is 2.54. The maximum absolute atomic E-state index is 5.33. The topological polar surface area (TPSA) is 33.6 Å². The molecular weight excluding hydrogens is 128 g/mol. The molecule has 0 unspecified atom stereocenters. The molecule has 0 bridgehead atoms. The van der Waals surface area contributed by atoms with Gasteiger partial charge in [0.2, 0.25) is 0 Å². The molecule has 1 heterocycles. The van der Waals surface area contributed by atoms with E-state index in [1.165, 1.54) is 0 Å². The van der Waals surface area contributed by atoms with Crippen molar-refractivity contribution in [2.24, 2.45) is 4.99 Å². The summed E-state index contributed by atoms with van der Waals surface area (Å²) in [6.45, 7) is 5.89. The molecule has 1 N–H and O–H groups in total. The third-order valence-electron chi connectivity index (χ3n) is 1.21. The Morgan fingerprint density at radius 1 is 1.60 bits per heavy atom. The first-order chi connectivity index (χ1) is 4.79. The van der Waals surface area contributed by atoms with Gasteiger partial charge in [-0.2, -0.15) is 0 Å². The van der Waals surface area contributed by atoms with Crippen LogP contribution in [-0.4, -0.2) is 25.2 Å². The summed E-state index contributed by atoms with van der Waals surface area (Å²) in [4.78, 5) is 4.15. The zero-order valence-electron chi connectivity index (χ0n) is 6.55. The Morgan fingerprint density at radius 2 is 2.40 bits per heavy atom. The highest BCUT2D eigenvalue weighted by atomic mass is 16.5. The number of hydrogen-bond acceptors (Lipinski definition) is 3. The number of ether oxygens (including phenoxy) is 1. The molecular formula is C7H14N2O. The molecule has 3 nitrogen and oxygen atoms in total. The second-order valence-corrected chi connectivity index (χ2v) is 2.63. The highest BCUT2D eigenvalue weighted by Gasteiger charge is 2.05. The van der Waals surface area contributed by atoms with Gasteiger partial charge in [0, 0.05) is 13.1 Å². The lowest BCUT2D eigenvalue weighted by atomic mass is 10.4. The van der Waals surface area contributed by atoms with Crippen LogP contribution in [0.2, 0.25) is 0 Å². The SMILES string of the molecule is CC(C)OC1=NCCCN1. The van der Waals surface area contributed by atoms with Gasteiger partial charge in [0.05, 0.1) is 6.10 Å². The lowest BCUT2D eigenvalue weighted by molar-refractivity contribution is 0.213. The molecule has 10 heavy (non-hydrogen) atoms. The molecule has 0 aromatic heterocycles. The molecule has 0 saturated carbocycles. The van der Waals surface area contributed by atoms with Crippen molar-refractivity contribution in [2.45, 2.75) is 26.4 Å². The van der Waals surface area contributed by atoms with Crippen molar-refractivity contribution in [3.63, 3.8) is 0 Å². The summed E-state index contributed by atoms with van der Waals surface area (Å²) >= 11 is 0. The molecule has 3 heteroatoms. The average molecular weight is 142 g/mol. The molecule has 0 saturated heterocycles. The van der Waals surface area contributed by atoms with Crippen molar-refractivity contribution in [2.75, 3.05) is 13.1 Å². The third-order valence-corrected chi connectivity index (χ3v) is 1.21. The van der Waals surface area contributed by atoms with Crippen LogP contribution in [0.25, 0.3) is 0 Å². The first kappa shape index (κ1) is 7.38. The number of amidine groups is 1. The molecule has 0 atom stereocenters. The molecule has 1 aliphatic heterocycles. The highest BCUT2D eigenvalue weighted by molar-refractivity contribution is 5.74. The lowest BCUT2D eigenvalue weighted by Gasteiger charge is -2.16. The van der Waals surface area contributed by atoms with E-state index in [9.17, 15) is 0 Å². The quantitative estimate of drug-likeness (QED) is 0.586. The number of nitrogens with zero attached hydrogens (tertiary/aromatic N) is 1.